The van der Waals surface area contributed by atoms with Crippen LogP contribution in [0.1, 0.15) is 12.8 Å². The Balaban J connectivity index is 2.06. The van der Waals surface area contributed by atoms with Crippen molar-refractivity contribution in [2.24, 2.45) is 5.92 Å². The molecule has 0 aliphatic heterocycles. The maximum atomic E-state index is 3.67. The monoisotopic (exact) mass is 111 g/mol. The summed E-state index contributed by atoms with van der Waals surface area (Å²) in [6, 6.07) is 0. The predicted octanol–water partition coefficient (Wildman–Crippen LogP) is 1.47. The van der Waals surface area contributed by atoms with Crippen molar-refractivity contribution in [1.29, 1.82) is 0 Å². The van der Waals surface area contributed by atoms with E-state index in [4.69, 9.17) is 0 Å². The zero-order valence-electron chi connectivity index (χ0n) is 5.43. The van der Waals surface area contributed by atoms with Gasteiger partial charge in [-0.1, -0.05) is 6.58 Å². The molecular formula is C7H13N. The molecule has 46 valence electrons. The molecular weight excluding hydrogens is 98.1 g/mol. The van der Waals surface area contributed by atoms with Gasteiger partial charge >= 0.3 is 0 Å². The van der Waals surface area contributed by atoms with Crippen molar-refractivity contribution in [3.63, 3.8) is 0 Å². The topological polar surface area (TPSA) is 3.24 Å². The fourth-order valence-corrected chi connectivity index (χ4v) is 0.782. The van der Waals surface area contributed by atoms with Gasteiger partial charge in [0.1, 0.15) is 0 Å². The van der Waals surface area contributed by atoms with Crippen LogP contribution in [0.15, 0.2) is 12.8 Å². The second-order valence-corrected chi connectivity index (χ2v) is 2.57. The molecule has 0 aromatic carbocycles. The van der Waals surface area contributed by atoms with Crippen molar-refractivity contribution in [2.45, 2.75) is 12.8 Å². The highest BCUT2D eigenvalue weighted by atomic mass is 15.1. The van der Waals surface area contributed by atoms with Crippen molar-refractivity contribution < 1.29 is 0 Å². The minimum Gasteiger partial charge on any atom is -0.381 e. The van der Waals surface area contributed by atoms with Crippen molar-refractivity contribution in [3.8, 4) is 0 Å². The average Bonchev–Trinajstić information content (AvgIpc) is 2.50. The molecule has 0 atom stereocenters. The third-order valence-corrected chi connectivity index (χ3v) is 1.55. The standard InChI is InChI=1S/C7H13N/c1-3-8(2)6-7-4-5-7/h3,7H,1,4-6H2,2H3. The van der Waals surface area contributed by atoms with E-state index in [1.165, 1.54) is 19.4 Å². The SMILES string of the molecule is C=CN(C)CC1CC1. The average molecular weight is 111 g/mol. The van der Waals surface area contributed by atoms with Crippen LogP contribution < -0.4 is 0 Å². The summed E-state index contributed by atoms with van der Waals surface area (Å²) in [6.45, 7) is 4.88. The first-order valence-corrected chi connectivity index (χ1v) is 3.15. The fourth-order valence-electron chi connectivity index (χ4n) is 0.782. The van der Waals surface area contributed by atoms with Gasteiger partial charge in [0.2, 0.25) is 0 Å². The Kier molecular flexibility index (Phi) is 1.56. The van der Waals surface area contributed by atoms with Crippen LogP contribution in [0, 0.1) is 5.92 Å². The number of hydrogen-bond acceptors (Lipinski definition) is 1. The number of nitrogens with zero attached hydrogens (tertiary/aromatic N) is 1. The Morgan fingerprint density at radius 3 is 2.75 bits per heavy atom. The molecule has 1 rings (SSSR count). The maximum Gasteiger partial charge on any atom is 0.0197 e. The van der Waals surface area contributed by atoms with Gasteiger partial charge in [-0.15, -0.1) is 0 Å². The number of hydrogen-bond donors (Lipinski definition) is 0. The lowest BCUT2D eigenvalue weighted by Crippen LogP contribution is -2.12. The van der Waals surface area contributed by atoms with E-state index in [1.54, 1.807) is 0 Å². The zero-order valence-corrected chi connectivity index (χ0v) is 5.43. The highest BCUT2D eigenvalue weighted by Gasteiger charge is 2.21. The maximum absolute atomic E-state index is 3.67. The molecule has 0 amide bonds. The highest BCUT2D eigenvalue weighted by molar-refractivity contribution is 4.79. The van der Waals surface area contributed by atoms with Gasteiger partial charge in [-0.3, -0.25) is 0 Å². The summed E-state index contributed by atoms with van der Waals surface area (Å²) in [5, 5.41) is 0. The molecule has 0 spiro atoms. The van der Waals surface area contributed by atoms with E-state index in [9.17, 15) is 0 Å². The minimum absolute atomic E-state index is 0.984. The molecule has 0 saturated heterocycles. The van der Waals surface area contributed by atoms with E-state index in [-0.39, 0.29) is 0 Å². The van der Waals surface area contributed by atoms with Crippen LogP contribution in [0.2, 0.25) is 0 Å². The van der Waals surface area contributed by atoms with Crippen molar-refractivity contribution in [3.05, 3.63) is 12.8 Å². The minimum atomic E-state index is 0.984. The molecule has 1 fully saturated rings. The first-order chi connectivity index (χ1) is 3.83. The summed E-state index contributed by atoms with van der Waals surface area (Å²) >= 11 is 0. The highest BCUT2D eigenvalue weighted by Crippen LogP contribution is 2.29. The first-order valence-electron chi connectivity index (χ1n) is 3.15. The van der Waals surface area contributed by atoms with Crippen LogP contribution in [0.4, 0.5) is 0 Å². The predicted molar refractivity (Wildman–Crippen MR) is 35.6 cm³/mol. The fraction of sp³-hybridized carbons (Fsp3) is 0.714. The molecule has 1 aliphatic rings. The lowest BCUT2D eigenvalue weighted by Gasteiger charge is -2.10. The lowest BCUT2D eigenvalue weighted by molar-refractivity contribution is 0.433. The molecule has 0 unspecified atom stereocenters. The van der Waals surface area contributed by atoms with Crippen molar-refractivity contribution >= 4 is 0 Å². The quantitative estimate of drug-likeness (QED) is 0.533. The molecule has 0 bridgehead atoms. The van der Waals surface area contributed by atoms with Crippen molar-refractivity contribution in [2.75, 3.05) is 13.6 Å². The second kappa shape index (κ2) is 2.21. The molecule has 0 aromatic rings. The van der Waals surface area contributed by atoms with Crippen LogP contribution in [0.5, 0.6) is 0 Å². The molecule has 0 radical (unpaired) electrons. The summed E-state index contributed by atoms with van der Waals surface area (Å²) in [5.41, 5.74) is 0. The molecule has 8 heavy (non-hydrogen) atoms. The third-order valence-electron chi connectivity index (χ3n) is 1.55. The van der Waals surface area contributed by atoms with E-state index in [2.05, 4.69) is 18.5 Å². The Bertz CT molecular complexity index is 84.4. The van der Waals surface area contributed by atoms with Gasteiger partial charge < -0.3 is 4.90 Å². The van der Waals surface area contributed by atoms with Gasteiger partial charge in [0.25, 0.3) is 0 Å². The number of rotatable bonds is 3. The van der Waals surface area contributed by atoms with Gasteiger partial charge in [0.05, 0.1) is 0 Å². The van der Waals surface area contributed by atoms with Crippen LogP contribution in [0.25, 0.3) is 0 Å². The second-order valence-electron chi connectivity index (χ2n) is 2.57. The zero-order chi connectivity index (χ0) is 5.98. The summed E-state index contributed by atoms with van der Waals surface area (Å²) in [7, 11) is 2.07. The summed E-state index contributed by atoms with van der Waals surface area (Å²) in [4.78, 5) is 2.15. The summed E-state index contributed by atoms with van der Waals surface area (Å²) in [5.74, 6) is 0.984. The van der Waals surface area contributed by atoms with E-state index in [1.807, 2.05) is 6.20 Å². The first kappa shape index (κ1) is 5.67. The summed E-state index contributed by atoms with van der Waals surface area (Å²) < 4.78 is 0. The Morgan fingerprint density at radius 2 is 2.38 bits per heavy atom. The molecule has 0 heterocycles. The molecule has 0 N–H and O–H groups in total. The normalized spacial score (nSPS) is 18.1. The molecule has 0 aromatic heterocycles. The van der Waals surface area contributed by atoms with Crippen molar-refractivity contribution in [1.82, 2.24) is 4.90 Å². The van der Waals surface area contributed by atoms with Crippen LogP contribution >= 0.6 is 0 Å². The van der Waals surface area contributed by atoms with Crippen LogP contribution in [0.3, 0.4) is 0 Å². The lowest BCUT2D eigenvalue weighted by atomic mass is 10.4. The smallest absolute Gasteiger partial charge is 0.0197 e. The van der Waals surface area contributed by atoms with Crippen LogP contribution in [-0.4, -0.2) is 18.5 Å². The molecule has 1 heteroatoms. The Labute approximate surface area is 51.0 Å². The Hall–Kier alpha value is -0.460. The van der Waals surface area contributed by atoms with E-state index in [0.29, 0.717) is 0 Å². The van der Waals surface area contributed by atoms with Crippen LogP contribution in [-0.2, 0) is 0 Å². The van der Waals surface area contributed by atoms with Gasteiger partial charge in [-0.2, -0.15) is 0 Å². The van der Waals surface area contributed by atoms with Gasteiger partial charge in [0.15, 0.2) is 0 Å². The largest absolute Gasteiger partial charge is 0.381 e. The van der Waals surface area contributed by atoms with Gasteiger partial charge in [-0.05, 0) is 25.0 Å². The van der Waals surface area contributed by atoms with E-state index < -0.39 is 0 Å². The molecule has 1 saturated carbocycles. The summed E-state index contributed by atoms with van der Waals surface area (Å²) in [6.07, 6.45) is 4.74. The molecule has 1 nitrogen and oxygen atoms in total. The van der Waals surface area contributed by atoms with E-state index in [0.717, 1.165) is 5.92 Å². The molecule has 1 aliphatic carbocycles. The van der Waals surface area contributed by atoms with Gasteiger partial charge in [-0.25, -0.2) is 0 Å². The Morgan fingerprint density at radius 1 is 1.75 bits per heavy atom. The third kappa shape index (κ3) is 1.57. The van der Waals surface area contributed by atoms with Gasteiger partial charge in [0, 0.05) is 13.6 Å². The van der Waals surface area contributed by atoms with E-state index >= 15 is 0 Å².